The van der Waals surface area contributed by atoms with Crippen molar-refractivity contribution in [3.05, 3.63) is 48.0 Å². The van der Waals surface area contributed by atoms with Gasteiger partial charge in [-0.25, -0.2) is 0 Å². The first-order chi connectivity index (χ1) is 8.87. The highest BCUT2D eigenvalue weighted by Gasteiger charge is 2.41. The minimum atomic E-state index is 0.510. The van der Waals surface area contributed by atoms with Gasteiger partial charge < -0.3 is 0 Å². The SMILES string of the molecule is c1ccc2c(C34CCC(CC3)CC4)cccc2c1. The molecule has 0 radical (unpaired) electrons. The van der Waals surface area contributed by atoms with Gasteiger partial charge in [-0.15, -0.1) is 0 Å². The number of fused-ring (bicyclic) bond motifs is 4. The Hall–Kier alpha value is -1.30. The van der Waals surface area contributed by atoms with Gasteiger partial charge in [-0.3, -0.25) is 0 Å². The van der Waals surface area contributed by atoms with Crippen molar-refractivity contribution >= 4 is 10.8 Å². The van der Waals surface area contributed by atoms with Crippen molar-refractivity contribution in [1.29, 1.82) is 0 Å². The van der Waals surface area contributed by atoms with Crippen molar-refractivity contribution < 1.29 is 0 Å². The molecule has 0 amide bonds. The molecule has 0 spiro atoms. The number of rotatable bonds is 1. The van der Waals surface area contributed by atoms with Crippen molar-refractivity contribution in [2.75, 3.05) is 0 Å². The van der Waals surface area contributed by atoms with E-state index < -0.39 is 0 Å². The summed E-state index contributed by atoms with van der Waals surface area (Å²) >= 11 is 0. The highest BCUT2D eigenvalue weighted by molar-refractivity contribution is 5.86. The molecule has 0 aromatic heterocycles. The Balaban J connectivity index is 1.91. The number of hydrogen-bond donors (Lipinski definition) is 0. The van der Waals surface area contributed by atoms with Crippen LogP contribution in [0.3, 0.4) is 0 Å². The molecule has 3 aliphatic rings. The van der Waals surface area contributed by atoms with Crippen LogP contribution >= 0.6 is 0 Å². The van der Waals surface area contributed by atoms with Gasteiger partial charge in [0.1, 0.15) is 0 Å². The Bertz CT molecular complexity index is 554. The van der Waals surface area contributed by atoms with E-state index in [1.54, 1.807) is 5.56 Å². The highest BCUT2D eigenvalue weighted by Crippen LogP contribution is 2.52. The Labute approximate surface area is 109 Å². The van der Waals surface area contributed by atoms with Gasteiger partial charge in [-0.1, -0.05) is 42.5 Å². The zero-order valence-electron chi connectivity index (χ0n) is 10.9. The molecule has 0 unspecified atom stereocenters. The van der Waals surface area contributed by atoms with Gasteiger partial charge in [-0.2, -0.15) is 0 Å². The first-order valence-corrected chi connectivity index (χ1v) is 7.36. The van der Waals surface area contributed by atoms with E-state index in [4.69, 9.17) is 0 Å². The van der Waals surface area contributed by atoms with Gasteiger partial charge in [0.05, 0.1) is 0 Å². The zero-order chi connectivity index (χ0) is 12.0. The quantitative estimate of drug-likeness (QED) is 0.649. The van der Waals surface area contributed by atoms with Crippen LogP contribution in [0.1, 0.15) is 44.1 Å². The maximum absolute atomic E-state index is 2.40. The first-order valence-electron chi connectivity index (χ1n) is 7.36. The third-order valence-corrected chi connectivity index (χ3v) is 5.45. The van der Waals surface area contributed by atoms with Gasteiger partial charge in [0.25, 0.3) is 0 Å². The van der Waals surface area contributed by atoms with Crippen molar-refractivity contribution in [2.24, 2.45) is 5.92 Å². The summed E-state index contributed by atoms with van der Waals surface area (Å²) in [6.45, 7) is 0. The Morgan fingerprint density at radius 3 is 2.22 bits per heavy atom. The van der Waals surface area contributed by atoms with Crippen LogP contribution in [0.25, 0.3) is 10.8 Å². The van der Waals surface area contributed by atoms with Gasteiger partial charge in [0, 0.05) is 0 Å². The van der Waals surface area contributed by atoms with Crippen LogP contribution in [-0.2, 0) is 5.41 Å². The fourth-order valence-electron chi connectivity index (χ4n) is 4.34. The predicted octanol–water partition coefficient (Wildman–Crippen LogP) is 5.06. The van der Waals surface area contributed by atoms with E-state index in [0.29, 0.717) is 5.41 Å². The summed E-state index contributed by atoms with van der Waals surface area (Å²) in [7, 11) is 0. The van der Waals surface area contributed by atoms with Crippen LogP contribution in [0.5, 0.6) is 0 Å². The molecule has 2 aromatic carbocycles. The lowest BCUT2D eigenvalue weighted by Gasteiger charge is -2.47. The second-order valence-electron chi connectivity index (χ2n) is 6.29. The molecule has 0 atom stereocenters. The molecule has 18 heavy (non-hydrogen) atoms. The lowest BCUT2D eigenvalue weighted by Crippen LogP contribution is -2.37. The molecular weight excluding hydrogens is 216 g/mol. The summed E-state index contributed by atoms with van der Waals surface area (Å²) in [4.78, 5) is 0. The van der Waals surface area contributed by atoms with Crippen LogP contribution in [0, 0.1) is 5.92 Å². The summed E-state index contributed by atoms with van der Waals surface area (Å²) in [5, 5.41) is 2.91. The molecule has 92 valence electrons. The van der Waals surface area contributed by atoms with E-state index in [1.165, 1.54) is 49.3 Å². The van der Waals surface area contributed by atoms with E-state index >= 15 is 0 Å². The Morgan fingerprint density at radius 1 is 0.778 bits per heavy atom. The monoisotopic (exact) mass is 236 g/mol. The number of benzene rings is 2. The summed E-state index contributed by atoms with van der Waals surface area (Å²) in [5.74, 6) is 1.04. The average molecular weight is 236 g/mol. The minimum Gasteiger partial charge on any atom is -0.0616 e. The normalized spacial score (nSPS) is 30.8. The smallest absolute Gasteiger partial charge is 0.00405 e. The van der Waals surface area contributed by atoms with Crippen LogP contribution in [0.4, 0.5) is 0 Å². The highest BCUT2D eigenvalue weighted by atomic mass is 14.5. The van der Waals surface area contributed by atoms with Crippen molar-refractivity contribution in [1.82, 2.24) is 0 Å². The third kappa shape index (κ3) is 1.44. The summed E-state index contributed by atoms with van der Waals surface area (Å²) < 4.78 is 0. The summed E-state index contributed by atoms with van der Waals surface area (Å²) in [5.41, 5.74) is 2.15. The van der Waals surface area contributed by atoms with Crippen molar-refractivity contribution in [2.45, 2.75) is 43.9 Å². The molecule has 0 N–H and O–H groups in total. The number of hydrogen-bond acceptors (Lipinski definition) is 0. The molecule has 2 bridgehead atoms. The largest absolute Gasteiger partial charge is 0.0616 e. The van der Waals surface area contributed by atoms with Crippen LogP contribution in [0.15, 0.2) is 42.5 Å². The van der Waals surface area contributed by atoms with E-state index in [0.717, 1.165) is 5.92 Å². The molecule has 5 rings (SSSR count). The molecule has 2 aromatic rings. The molecule has 3 aliphatic carbocycles. The fourth-order valence-corrected chi connectivity index (χ4v) is 4.34. The minimum absolute atomic E-state index is 0.510. The molecule has 0 nitrogen and oxygen atoms in total. The summed E-state index contributed by atoms with van der Waals surface area (Å²) in [6.07, 6.45) is 8.65. The molecule has 3 saturated carbocycles. The van der Waals surface area contributed by atoms with E-state index in [1.807, 2.05) is 0 Å². The van der Waals surface area contributed by atoms with Crippen LogP contribution in [-0.4, -0.2) is 0 Å². The Morgan fingerprint density at radius 2 is 1.44 bits per heavy atom. The molecule has 0 heteroatoms. The summed E-state index contributed by atoms with van der Waals surface area (Å²) in [6, 6.07) is 15.8. The standard InChI is InChI=1S/C18H20/c1-2-6-16-15(4-1)5-3-7-17(16)18-11-8-14(9-12-18)10-13-18/h1-7,14H,8-13H2. The van der Waals surface area contributed by atoms with Crippen molar-refractivity contribution in [3.63, 3.8) is 0 Å². The van der Waals surface area contributed by atoms with E-state index in [2.05, 4.69) is 42.5 Å². The second kappa shape index (κ2) is 3.85. The maximum atomic E-state index is 2.40. The Kier molecular flexibility index (Phi) is 2.27. The van der Waals surface area contributed by atoms with Gasteiger partial charge in [0.15, 0.2) is 0 Å². The lowest BCUT2D eigenvalue weighted by molar-refractivity contribution is 0.137. The van der Waals surface area contributed by atoms with E-state index in [9.17, 15) is 0 Å². The van der Waals surface area contributed by atoms with Gasteiger partial charge in [-0.05, 0) is 66.2 Å². The first kappa shape index (κ1) is 10.6. The topological polar surface area (TPSA) is 0 Å². The van der Waals surface area contributed by atoms with Gasteiger partial charge >= 0.3 is 0 Å². The predicted molar refractivity (Wildman–Crippen MR) is 76.8 cm³/mol. The fraction of sp³-hybridized carbons (Fsp3) is 0.444. The van der Waals surface area contributed by atoms with Crippen LogP contribution < -0.4 is 0 Å². The third-order valence-electron chi connectivity index (χ3n) is 5.45. The molecule has 0 heterocycles. The zero-order valence-corrected chi connectivity index (χ0v) is 10.9. The molecule has 3 fully saturated rings. The maximum Gasteiger partial charge on any atom is -0.00405 e. The second-order valence-corrected chi connectivity index (χ2v) is 6.29. The van der Waals surface area contributed by atoms with Crippen molar-refractivity contribution in [3.8, 4) is 0 Å². The molecular formula is C18H20. The molecule has 0 aliphatic heterocycles. The van der Waals surface area contributed by atoms with E-state index in [-0.39, 0.29) is 0 Å². The van der Waals surface area contributed by atoms with Crippen LogP contribution in [0.2, 0.25) is 0 Å². The van der Waals surface area contributed by atoms with Gasteiger partial charge in [0.2, 0.25) is 0 Å². The molecule has 0 saturated heterocycles. The lowest BCUT2D eigenvalue weighted by atomic mass is 9.57. The average Bonchev–Trinajstić information content (AvgIpc) is 2.48.